The molecule has 1 amide bonds. The molecule has 1 aromatic rings. The minimum Gasteiger partial charge on any atom is -0.460 e. The number of esters is 1. The topological polar surface area (TPSA) is 68.3 Å². The molecule has 0 aliphatic heterocycles. The van der Waals surface area contributed by atoms with Gasteiger partial charge in [-0.3, -0.25) is 9.59 Å². The van der Waals surface area contributed by atoms with Crippen molar-refractivity contribution in [2.24, 2.45) is 0 Å². The molecule has 0 spiro atoms. The Morgan fingerprint density at radius 2 is 2.05 bits per heavy atom. The van der Waals surface area contributed by atoms with E-state index in [1.807, 2.05) is 6.92 Å². The van der Waals surface area contributed by atoms with Gasteiger partial charge in [0.15, 0.2) is 0 Å². The van der Waals surface area contributed by atoms with Crippen LogP contribution in [0.2, 0.25) is 0 Å². The van der Waals surface area contributed by atoms with Crippen LogP contribution in [0.5, 0.6) is 0 Å². The van der Waals surface area contributed by atoms with Crippen LogP contribution in [-0.4, -0.2) is 22.5 Å². The Bertz CT molecular complexity index is 449. The fraction of sp³-hybridized carbons (Fsp3) is 0.615. The van der Waals surface area contributed by atoms with E-state index in [4.69, 9.17) is 4.74 Å². The van der Waals surface area contributed by atoms with E-state index in [0.717, 1.165) is 9.88 Å². The summed E-state index contributed by atoms with van der Waals surface area (Å²) >= 11 is 1.54. The Kier molecular flexibility index (Phi) is 5.47. The fourth-order valence-electron chi connectivity index (χ4n) is 1.35. The maximum atomic E-state index is 11.6. The predicted octanol–water partition coefficient (Wildman–Crippen LogP) is 2.19. The second-order valence-electron chi connectivity index (χ2n) is 5.23. The van der Waals surface area contributed by atoms with Crippen molar-refractivity contribution in [1.82, 2.24) is 10.3 Å². The number of thiazole rings is 1. The van der Waals surface area contributed by atoms with Gasteiger partial charge in [-0.25, -0.2) is 4.98 Å². The summed E-state index contributed by atoms with van der Waals surface area (Å²) in [5.74, 6) is -0.522. The maximum absolute atomic E-state index is 11.6. The summed E-state index contributed by atoms with van der Waals surface area (Å²) in [6.45, 7) is 7.78. The highest BCUT2D eigenvalue weighted by Crippen LogP contribution is 2.11. The Morgan fingerprint density at radius 3 is 2.58 bits per heavy atom. The molecule has 0 fully saturated rings. The highest BCUT2D eigenvalue weighted by molar-refractivity contribution is 7.11. The third-order valence-corrected chi connectivity index (χ3v) is 2.99. The van der Waals surface area contributed by atoms with E-state index in [1.54, 1.807) is 38.3 Å². The van der Waals surface area contributed by atoms with Crippen molar-refractivity contribution < 1.29 is 14.3 Å². The Hall–Kier alpha value is -1.43. The summed E-state index contributed by atoms with van der Waals surface area (Å²) in [5, 5.41) is 3.60. The van der Waals surface area contributed by atoms with Gasteiger partial charge in [-0.05, 0) is 27.7 Å². The van der Waals surface area contributed by atoms with E-state index < -0.39 is 5.60 Å². The van der Waals surface area contributed by atoms with E-state index in [-0.39, 0.29) is 24.7 Å². The van der Waals surface area contributed by atoms with Crippen LogP contribution in [0.4, 0.5) is 0 Å². The molecule has 0 saturated carbocycles. The molecule has 1 heterocycles. The Labute approximate surface area is 117 Å². The van der Waals surface area contributed by atoms with Crippen molar-refractivity contribution in [3.63, 3.8) is 0 Å². The molecule has 0 saturated heterocycles. The lowest BCUT2D eigenvalue weighted by Gasteiger charge is -2.19. The first-order valence-corrected chi connectivity index (χ1v) is 6.98. The number of carbonyl (C=O) groups is 2. The summed E-state index contributed by atoms with van der Waals surface area (Å²) in [6, 6.07) is 0. The second kappa shape index (κ2) is 6.65. The van der Waals surface area contributed by atoms with Crippen LogP contribution in [-0.2, 0) is 20.9 Å². The van der Waals surface area contributed by atoms with Crippen LogP contribution >= 0.6 is 11.3 Å². The molecule has 1 rings (SSSR count). The van der Waals surface area contributed by atoms with Crippen LogP contribution in [0.25, 0.3) is 0 Å². The molecule has 19 heavy (non-hydrogen) atoms. The number of nitrogens with zero attached hydrogens (tertiary/aromatic N) is 1. The average Bonchev–Trinajstić information content (AvgIpc) is 2.67. The van der Waals surface area contributed by atoms with Crippen LogP contribution in [0, 0.1) is 6.92 Å². The molecule has 0 aliphatic rings. The number of amides is 1. The number of carbonyl (C=O) groups excluding carboxylic acids is 2. The molecule has 6 heteroatoms. The van der Waals surface area contributed by atoms with Gasteiger partial charge in [-0.2, -0.15) is 0 Å². The summed E-state index contributed by atoms with van der Waals surface area (Å²) in [7, 11) is 0. The molecule has 0 atom stereocenters. The first-order valence-electron chi connectivity index (χ1n) is 6.16. The van der Waals surface area contributed by atoms with E-state index in [9.17, 15) is 9.59 Å². The molecule has 0 aliphatic carbocycles. The minimum absolute atomic E-state index is 0.0972. The number of ether oxygens (including phenoxy) is 1. The SMILES string of the molecule is Cc1cnc(CNC(=O)CCC(=O)OC(C)(C)C)s1. The van der Waals surface area contributed by atoms with Gasteiger partial charge in [-0.1, -0.05) is 0 Å². The summed E-state index contributed by atoms with van der Waals surface area (Å²) < 4.78 is 5.12. The highest BCUT2D eigenvalue weighted by atomic mass is 32.1. The van der Waals surface area contributed by atoms with Crippen molar-refractivity contribution in [1.29, 1.82) is 0 Å². The average molecular weight is 284 g/mol. The van der Waals surface area contributed by atoms with E-state index in [0.29, 0.717) is 6.54 Å². The zero-order chi connectivity index (χ0) is 14.5. The predicted molar refractivity (Wildman–Crippen MR) is 73.8 cm³/mol. The first kappa shape index (κ1) is 15.6. The number of hydrogen-bond donors (Lipinski definition) is 1. The zero-order valence-corrected chi connectivity index (χ0v) is 12.6. The standard InChI is InChI=1S/C13H20N2O3S/c1-9-7-15-11(19-9)8-14-10(16)5-6-12(17)18-13(2,3)4/h7H,5-6,8H2,1-4H3,(H,14,16). The largest absolute Gasteiger partial charge is 0.460 e. The van der Waals surface area contributed by atoms with Gasteiger partial charge >= 0.3 is 5.97 Å². The van der Waals surface area contributed by atoms with Crippen molar-refractivity contribution in [3.05, 3.63) is 16.1 Å². The van der Waals surface area contributed by atoms with E-state index in [1.165, 1.54) is 0 Å². The van der Waals surface area contributed by atoms with Gasteiger partial charge in [0.2, 0.25) is 5.91 Å². The van der Waals surface area contributed by atoms with Gasteiger partial charge in [-0.15, -0.1) is 11.3 Å². The van der Waals surface area contributed by atoms with Gasteiger partial charge < -0.3 is 10.1 Å². The highest BCUT2D eigenvalue weighted by Gasteiger charge is 2.17. The molecular formula is C13H20N2O3S. The third kappa shape index (κ3) is 6.91. The number of nitrogens with one attached hydrogen (secondary N) is 1. The number of hydrogen-bond acceptors (Lipinski definition) is 5. The van der Waals surface area contributed by atoms with Crippen molar-refractivity contribution in [2.45, 2.75) is 52.7 Å². The normalized spacial score (nSPS) is 11.2. The number of rotatable bonds is 5. The third-order valence-electron chi connectivity index (χ3n) is 2.08. The van der Waals surface area contributed by atoms with Crippen molar-refractivity contribution >= 4 is 23.2 Å². The van der Waals surface area contributed by atoms with Crippen LogP contribution in [0.3, 0.4) is 0 Å². The van der Waals surface area contributed by atoms with Crippen molar-refractivity contribution in [3.8, 4) is 0 Å². The lowest BCUT2D eigenvalue weighted by atomic mass is 10.2. The minimum atomic E-state index is -0.508. The van der Waals surface area contributed by atoms with E-state index in [2.05, 4.69) is 10.3 Å². The van der Waals surface area contributed by atoms with E-state index >= 15 is 0 Å². The molecule has 0 unspecified atom stereocenters. The van der Waals surface area contributed by atoms with Gasteiger partial charge in [0.05, 0.1) is 13.0 Å². The smallest absolute Gasteiger partial charge is 0.306 e. The fourth-order valence-corrected chi connectivity index (χ4v) is 2.08. The Balaban J connectivity index is 2.23. The molecule has 5 nitrogen and oxygen atoms in total. The molecular weight excluding hydrogens is 264 g/mol. The lowest BCUT2D eigenvalue weighted by Crippen LogP contribution is -2.26. The zero-order valence-electron chi connectivity index (χ0n) is 11.8. The summed E-state index contributed by atoms with van der Waals surface area (Å²) in [6.07, 6.45) is 2.01. The first-order chi connectivity index (χ1) is 8.76. The molecule has 1 aromatic heterocycles. The summed E-state index contributed by atoms with van der Waals surface area (Å²) in [4.78, 5) is 28.2. The van der Waals surface area contributed by atoms with Gasteiger partial charge in [0.1, 0.15) is 10.6 Å². The number of aromatic nitrogens is 1. The van der Waals surface area contributed by atoms with Crippen LogP contribution < -0.4 is 5.32 Å². The van der Waals surface area contributed by atoms with Crippen LogP contribution in [0.15, 0.2) is 6.20 Å². The molecule has 1 N–H and O–H groups in total. The quantitative estimate of drug-likeness (QED) is 0.842. The number of aryl methyl sites for hydroxylation is 1. The summed E-state index contributed by atoms with van der Waals surface area (Å²) in [5.41, 5.74) is -0.508. The molecule has 0 bridgehead atoms. The second-order valence-corrected chi connectivity index (χ2v) is 6.55. The molecule has 0 radical (unpaired) electrons. The molecule has 0 aromatic carbocycles. The monoisotopic (exact) mass is 284 g/mol. The Morgan fingerprint density at radius 1 is 1.37 bits per heavy atom. The van der Waals surface area contributed by atoms with Crippen LogP contribution in [0.1, 0.15) is 43.5 Å². The van der Waals surface area contributed by atoms with Gasteiger partial charge in [0, 0.05) is 17.5 Å². The van der Waals surface area contributed by atoms with Gasteiger partial charge in [0.25, 0.3) is 0 Å². The molecule has 106 valence electrons. The van der Waals surface area contributed by atoms with Crippen molar-refractivity contribution in [2.75, 3.05) is 0 Å². The maximum Gasteiger partial charge on any atom is 0.306 e. The lowest BCUT2D eigenvalue weighted by molar-refractivity contribution is -0.155.